The average molecular weight is 881 g/mol. The van der Waals surface area contributed by atoms with Crippen molar-refractivity contribution >= 4 is 65.4 Å². The highest BCUT2D eigenvalue weighted by molar-refractivity contribution is 6.12. The topological polar surface area (TPSA) is 110 Å². The molecule has 0 saturated carbocycles. The number of nitriles is 2. The van der Waals surface area contributed by atoms with E-state index >= 15 is 0 Å². The van der Waals surface area contributed by atoms with E-state index in [0.717, 1.165) is 122 Å². The van der Waals surface area contributed by atoms with Crippen LogP contribution in [0.15, 0.2) is 195 Å². The zero-order valence-electron chi connectivity index (χ0n) is 36.5. The Morgan fingerprint density at radius 2 is 1.04 bits per heavy atom. The third-order valence-corrected chi connectivity index (χ3v) is 14.5. The summed E-state index contributed by atoms with van der Waals surface area (Å²) in [5, 5.41) is 26.4. The first-order chi connectivity index (χ1) is 34.1. The predicted molar refractivity (Wildman–Crippen MR) is 270 cm³/mol. The summed E-state index contributed by atoms with van der Waals surface area (Å²) in [5.74, 6) is 1.44. The molecule has 318 valence electrons. The van der Waals surface area contributed by atoms with Gasteiger partial charge in [-0.25, -0.2) is 0 Å². The number of hydrogen-bond donors (Lipinski definition) is 0. The number of benzene rings is 7. The first-order valence-electron chi connectivity index (χ1n) is 22.8. The third-order valence-electron chi connectivity index (χ3n) is 14.5. The Balaban J connectivity index is 1.08. The van der Waals surface area contributed by atoms with Crippen molar-refractivity contribution in [3.8, 4) is 52.1 Å². The molecule has 1 aliphatic heterocycles. The lowest BCUT2D eigenvalue weighted by molar-refractivity contribution is 0.435. The number of hydrogen-bond acceptors (Lipinski definition) is 6. The molecule has 0 amide bonds. The summed E-state index contributed by atoms with van der Waals surface area (Å²) in [6, 6.07) is 63.4. The van der Waals surface area contributed by atoms with Gasteiger partial charge in [-0.05, 0) is 96.6 Å². The molecule has 1 atom stereocenters. The Morgan fingerprint density at radius 3 is 1.74 bits per heavy atom. The fourth-order valence-corrected chi connectivity index (χ4v) is 11.8. The summed E-state index contributed by atoms with van der Waals surface area (Å²) < 4.78 is 14.2. The predicted octanol–water partition coefficient (Wildman–Crippen LogP) is 13.4. The summed E-state index contributed by atoms with van der Waals surface area (Å²) in [4.78, 5) is 15.1. The number of pyridine rings is 3. The lowest BCUT2D eigenvalue weighted by Crippen LogP contribution is -2.34. The zero-order chi connectivity index (χ0) is 45.5. The van der Waals surface area contributed by atoms with Gasteiger partial charge >= 0.3 is 0 Å². The van der Waals surface area contributed by atoms with Crippen molar-refractivity contribution in [1.82, 2.24) is 28.7 Å². The van der Waals surface area contributed by atoms with E-state index in [1.807, 2.05) is 67.3 Å². The van der Waals surface area contributed by atoms with Crippen molar-refractivity contribution in [2.45, 2.75) is 5.41 Å². The van der Waals surface area contributed by atoms with Gasteiger partial charge in [-0.1, -0.05) is 72.8 Å². The van der Waals surface area contributed by atoms with Crippen LogP contribution >= 0.6 is 0 Å². The molecule has 9 heteroatoms. The SMILES string of the molecule is N#Cc1ccc2c(c1)c1cc(C#N)ccc1n2-c1cnc2c(c1)C1(c3ccc(-n4c5ccccc5c5ccncc54)cc3Oc3cccc(-n4c5ccccc5c5ccccc54)c31)c1cccnc1-2. The molecule has 1 spiro atoms. The fourth-order valence-electron chi connectivity index (χ4n) is 11.8. The highest BCUT2D eigenvalue weighted by Crippen LogP contribution is 2.63. The maximum atomic E-state index is 10.0. The molecule has 7 heterocycles. The normalized spacial score (nSPS) is 14.5. The molecule has 15 rings (SSSR count). The Morgan fingerprint density at radius 1 is 0.420 bits per heavy atom. The number of nitrogens with zero attached hydrogens (tertiary/aromatic N) is 8. The van der Waals surface area contributed by atoms with Crippen LogP contribution in [0.25, 0.3) is 93.9 Å². The molecule has 0 saturated heterocycles. The highest BCUT2D eigenvalue weighted by Gasteiger charge is 2.54. The number of fused-ring (bicyclic) bond motifs is 18. The highest BCUT2D eigenvalue weighted by atomic mass is 16.5. The average Bonchev–Trinajstić information content (AvgIpc) is 4.12. The third kappa shape index (κ3) is 4.82. The minimum absolute atomic E-state index is 0.543. The molecule has 6 aromatic heterocycles. The van der Waals surface area contributed by atoms with Gasteiger partial charge < -0.3 is 18.4 Å². The van der Waals surface area contributed by atoms with E-state index < -0.39 is 5.41 Å². The molecular formula is C60H32N8O. The molecule has 0 fully saturated rings. The monoisotopic (exact) mass is 880 g/mol. The van der Waals surface area contributed by atoms with E-state index in [4.69, 9.17) is 14.7 Å². The number of para-hydroxylation sites is 3. The van der Waals surface area contributed by atoms with Gasteiger partial charge in [0, 0.05) is 73.2 Å². The largest absolute Gasteiger partial charge is 0.457 e. The van der Waals surface area contributed by atoms with E-state index in [0.29, 0.717) is 16.9 Å². The van der Waals surface area contributed by atoms with Crippen LogP contribution < -0.4 is 4.74 Å². The Hall–Kier alpha value is -9.83. The second-order valence-corrected chi connectivity index (χ2v) is 17.8. The molecule has 7 aromatic carbocycles. The van der Waals surface area contributed by atoms with Crippen molar-refractivity contribution in [3.05, 3.63) is 228 Å². The maximum Gasteiger partial charge on any atom is 0.134 e. The summed E-state index contributed by atoms with van der Waals surface area (Å²) >= 11 is 0. The summed E-state index contributed by atoms with van der Waals surface area (Å²) in [6.45, 7) is 0. The molecule has 69 heavy (non-hydrogen) atoms. The Bertz CT molecular complexity index is 4340. The molecule has 2 aliphatic rings. The van der Waals surface area contributed by atoms with Crippen molar-refractivity contribution in [2.24, 2.45) is 0 Å². The smallest absolute Gasteiger partial charge is 0.134 e. The van der Waals surface area contributed by atoms with Crippen LogP contribution in [-0.2, 0) is 5.41 Å². The first kappa shape index (κ1) is 37.4. The van der Waals surface area contributed by atoms with Crippen molar-refractivity contribution in [3.63, 3.8) is 0 Å². The van der Waals surface area contributed by atoms with Crippen LogP contribution in [0.5, 0.6) is 11.5 Å². The number of aromatic nitrogens is 6. The quantitative estimate of drug-likeness (QED) is 0.175. The fraction of sp³-hybridized carbons (Fsp3) is 0.0167. The van der Waals surface area contributed by atoms with E-state index in [-0.39, 0.29) is 0 Å². The van der Waals surface area contributed by atoms with Gasteiger partial charge in [-0.2, -0.15) is 10.5 Å². The summed E-state index contributed by atoms with van der Waals surface area (Å²) in [6.07, 6.45) is 7.56. The first-order valence-corrected chi connectivity index (χ1v) is 22.8. The van der Waals surface area contributed by atoms with Crippen LogP contribution in [0.4, 0.5) is 0 Å². The number of rotatable bonds is 3. The zero-order valence-corrected chi connectivity index (χ0v) is 36.5. The molecule has 0 radical (unpaired) electrons. The van der Waals surface area contributed by atoms with E-state index in [1.165, 1.54) is 0 Å². The minimum Gasteiger partial charge on any atom is -0.457 e. The van der Waals surface area contributed by atoms with Crippen LogP contribution in [-0.4, -0.2) is 28.7 Å². The molecule has 1 aliphatic carbocycles. The van der Waals surface area contributed by atoms with Gasteiger partial charge in [0.15, 0.2) is 0 Å². The molecule has 9 nitrogen and oxygen atoms in total. The molecule has 0 N–H and O–H groups in total. The lowest BCUT2D eigenvalue weighted by atomic mass is 9.65. The Labute approximate surface area is 393 Å². The Kier molecular flexibility index (Phi) is 7.38. The van der Waals surface area contributed by atoms with Crippen molar-refractivity contribution in [2.75, 3.05) is 0 Å². The standard InChI is InChI=1S/C60H32N8O/c61-31-35-18-22-51-43(27-35)44-28-36(32-62)19-23-52(44)67(51)38-29-47-59(65-33-38)58-46(12-8-25-64-58)60(47)45-21-20-37(66-48-13-4-1-11-41(48)42-24-26-63-34-54(42)66)30-56(45)69-55-17-7-16-53(57(55)60)68-49-14-5-2-9-39(49)40-10-3-6-15-50(40)68/h1-30,33-34H. The minimum atomic E-state index is -1.00. The van der Waals surface area contributed by atoms with E-state index in [1.54, 1.807) is 0 Å². The van der Waals surface area contributed by atoms with Crippen LogP contribution in [0, 0.1) is 22.7 Å². The second-order valence-electron chi connectivity index (χ2n) is 17.8. The van der Waals surface area contributed by atoms with Gasteiger partial charge in [0.25, 0.3) is 0 Å². The molecular weight excluding hydrogens is 849 g/mol. The van der Waals surface area contributed by atoms with Gasteiger partial charge in [-0.3, -0.25) is 15.0 Å². The lowest BCUT2D eigenvalue weighted by Gasteiger charge is -2.40. The second kappa shape index (κ2) is 13.6. The molecule has 13 aromatic rings. The number of ether oxygens (including phenoxy) is 1. The van der Waals surface area contributed by atoms with Crippen molar-refractivity contribution < 1.29 is 4.74 Å². The maximum absolute atomic E-state index is 10.0. The van der Waals surface area contributed by atoms with Crippen LogP contribution in [0.1, 0.15) is 33.4 Å². The summed E-state index contributed by atoms with van der Waals surface area (Å²) in [5.41, 5.74) is 14.3. The van der Waals surface area contributed by atoms with Gasteiger partial charge in [0.05, 0.1) is 96.9 Å². The molecule has 0 bridgehead atoms. The summed E-state index contributed by atoms with van der Waals surface area (Å²) in [7, 11) is 0. The van der Waals surface area contributed by atoms with Crippen molar-refractivity contribution in [1.29, 1.82) is 10.5 Å². The van der Waals surface area contributed by atoms with E-state index in [2.05, 4.69) is 158 Å². The van der Waals surface area contributed by atoms with E-state index in [9.17, 15) is 10.5 Å². The van der Waals surface area contributed by atoms with Crippen LogP contribution in [0.3, 0.4) is 0 Å². The van der Waals surface area contributed by atoms with Gasteiger partial charge in [-0.15, -0.1) is 0 Å². The van der Waals surface area contributed by atoms with Crippen LogP contribution in [0.2, 0.25) is 0 Å². The van der Waals surface area contributed by atoms with Gasteiger partial charge in [0.1, 0.15) is 11.5 Å². The molecule has 1 unspecified atom stereocenters. The van der Waals surface area contributed by atoms with Gasteiger partial charge in [0.2, 0.25) is 0 Å².